The zero-order valence-corrected chi connectivity index (χ0v) is 12.4. The first-order valence-corrected chi connectivity index (χ1v) is 6.96. The van der Waals surface area contributed by atoms with Crippen LogP contribution in [0.25, 0.3) is 0 Å². The van der Waals surface area contributed by atoms with Gasteiger partial charge >= 0.3 is 0 Å². The van der Waals surface area contributed by atoms with E-state index in [1.807, 2.05) is 0 Å². The number of rotatable bonds is 0. The molecule has 0 aromatic heterocycles. The molecule has 3 aliphatic rings. The lowest BCUT2D eigenvalue weighted by Crippen LogP contribution is -2.35. The van der Waals surface area contributed by atoms with E-state index in [1.165, 1.54) is 6.42 Å². The van der Waals surface area contributed by atoms with E-state index in [2.05, 4.69) is 77.3 Å². The summed E-state index contributed by atoms with van der Waals surface area (Å²) in [6, 6.07) is 0. The maximum absolute atomic E-state index is 3.00. The van der Waals surface area contributed by atoms with Crippen LogP contribution in [-0.4, -0.2) is 0 Å². The van der Waals surface area contributed by atoms with E-state index >= 15 is 0 Å². The molecule has 0 heterocycles. The Bertz CT molecular complexity index is 326. The quantitative estimate of drug-likeness (QED) is 0.475. The second kappa shape index (κ2) is 5.73. The molecule has 1 fully saturated rings. The Balaban J connectivity index is 0.000000345. The molecule has 0 nitrogen and oxygen atoms in total. The fourth-order valence-corrected chi connectivity index (χ4v) is 3.12. The third-order valence-corrected chi connectivity index (χ3v) is 5.25. The Morgan fingerprint density at radius 3 is 1.44 bits per heavy atom. The van der Waals surface area contributed by atoms with Crippen molar-refractivity contribution in [3.63, 3.8) is 0 Å². The molecule has 0 aromatic carbocycles. The van der Waals surface area contributed by atoms with Gasteiger partial charge in [-0.2, -0.15) is 0 Å². The van der Waals surface area contributed by atoms with Crippen LogP contribution in [0.5, 0.6) is 0 Å². The summed E-state index contributed by atoms with van der Waals surface area (Å²) in [6.45, 7) is 15.7. The predicted octanol–water partition coefficient (Wildman–Crippen LogP) is 5.80. The standard InChI is InChI=1S/C11H18.C5H6.C2H4.H2/c1-10(2)8-5-6-9(7-8)11(10,3)4;1-2-4-5-3-1;1-2;/h5-6,8-9H,7H2,1-4H3;1-4H,5H2;1-2H2;1H/i;;;1+1. The van der Waals surface area contributed by atoms with E-state index < -0.39 is 0 Å². The lowest BCUT2D eigenvalue weighted by molar-refractivity contribution is 0.0961. The molecule has 0 amide bonds. The summed E-state index contributed by atoms with van der Waals surface area (Å²) < 4.78 is 0. The molecule has 3 aliphatic carbocycles. The minimum atomic E-state index is 0. The Morgan fingerprint density at radius 1 is 0.889 bits per heavy atom. The molecule has 0 heteroatoms. The highest BCUT2D eigenvalue weighted by Crippen LogP contribution is 2.62. The van der Waals surface area contributed by atoms with Gasteiger partial charge in [0.05, 0.1) is 0 Å². The number of hydrogen-bond acceptors (Lipinski definition) is 0. The minimum absolute atomic E-state index is 0. The largest absolute Gasteiger partial charge is 0.106 e. The molecule has 2 unspecified atom stereocenters. The average molecular weight is 247 g/mol. The van der Waals surface area contributed by atoms with Gasteiger partial charge < -0.3 is 0 Å². The second-order valence-electron chi connectivity index (χ2n) is 6.37. The van der Waals surface area contributed by atoms with E-state index in [0.29, 0.717) is 10.8 Å². The predicted molar refractivity (Wildman–Crippen MR) is 84.6 cm³/mol. The van der Waals surface area contributed by atoms with Crippen LogP contribution in [0, 0.1) is 22.7 Å². The van der Waals surface area contributed by atoms with E-state index in [4.69, 9.17) is 0 Å². The van der Waals surface area contributed by atoms with Gasteiger partial charge in [0, 0.05) is 1.43 Å². The highest BCUT2D eigenvalue weighted by Gasteiger charge is 2.55. The van der Waals surface area contributed by atoms with E-state index in [1.54, 1.807) is 0 Å². The molecule has 0 spiro atoms. The van der Waals surface area contributed by atoms with Crippen molar-refractivity contribution in [1.29, 1.82) is 0 Å². The smallest absolute Gasteiger partial charge is 0 e. The first kappa shape index (κ1) is 15.0. The van der Waals surface area contributed by atoms with Crippen molar-refractivity contribution in [3.05, 3.63) is 49.6 Å². The Labute approximate surface area is 115 Å². The summed E-state index contributed by atoms with van der Waals surface area (Å²) in [7, 11) is 0. The molecule has 102 valence electrons. The highest BCUT2D eigenvalue weighted by atomic mass is 14.6. The Hall–Kier alpha value is -1.04. The van der Waals surface area contributed by atoms with Gasteiger partial charge in [-0.05, 0) is 35.5 Å². The topological polar surface area (TPSA) is 0 Å². The van der Waals surface area contributed by atoms with Gasteiger partial charge in [0.25, 0.3) is 0 Å². The highest BCUT2D eigenvalue weighted by molar-refractivity contribution is 5.20. The Morgan fingerprint density at radius 2 is 1.28 bits per heavy atom. The summed E-state index contributed by atoms with van der Waals surface area (Å²) in [5, 5.41) is 0. The van der Waals surface area contributed by atoms with Crippen molar-refractivity contribution in [3.8, 4) is 0 Å². The molecule has 0 radical (unpaired) electrons. The molecule has 18 heavy (non-hydrogen) atoms. The van der Waals surface area contributed by atoms with Gasteiger partial charge in [-0.25, -0.2) is 0 Å². The van der Waals surface area contributed by atoms with Gasteiger partial charge in [-0.3, -0.25) is 0 Å². The third kappa shape index (κ3) is 2.53. The van der Waals surface area contributed by atoms with Crippen molar-refractivity contribution >= 4 is 0 Å². The van der Waals surface area contributed by atoms with Crippen molar-refractivity contribution in [2.24, 2.45) is 22.7 Å². The molecular weight excluding hydrogens is 216 g/mol. The first-order valence-electron chi connectivity index (χ1n) is 6.96. The van der Waals surface area contributed by atoms with Crippen LogP contribution in [0.1, 0.15) is 42.0 Å². The van der Waals surface area contributed by atoms with Crippen molar-refractivity contribution in [1.82, 2.24) is 0 Å². The summed E-state index contributed by atoms with van der Waals surface area (Å²) in [4.78, 5) is 0. The van der Waals surface area contributed by atoms with Gasteiger partial charge in [0.15, 0.2) is 0 Å². The summed E-state index contributed by atoms with van der Waals surface area (Å²) in [6.07, 6.45) is 15.8. The molecule has 2 bridgehead atoms. The van der Waals surface area contributed by atoms with Crippen molar-refractivity contribution in [2.75, 3.05) is 0 Å². The van der Waals surface area contributed by atoms with Gasteiger partial charge in [-0.15, -0.1) is 13.2 Å². The molecule has 3 rings (SSSR count). The zero-order valence-electron chi connectivity index (χ0n) is 12.4. The van der Waals surface area contributed by atoms with Crippen LogP contribution in [-0.2, 0) is 0 Å². The molecular formula is C18H30. The normalized spacial score (nSPS) is 31.6. The minimum Gasteiger partial charge on any atom is -0.106 e. The molecule has 2 atom stereocenters. The average Bonchev–Trinajstić information content (AvgIpc) is 3.07. The number of hydrogen-bond donors (Lipinski definition) is 0. The fourth-order valence-electron chi connectivity index (χ4n) is 3.12. The van der Waals surface area contributed by atoms with Crippen LogP contribution in [0.2, 0.25) is 0 Å². The monoisotopic (exact) mass is 247 g/mol. The first-order chi connectivity index (χ1) is 8.46. The lowest BCUT2D eigenvalue weighted by atomic mass is 9.62. The van der Waals surface area contributed by atoms with Gasteiger partial charge in [0.1, 0.15) is 0 Å². The molecule has 1 saturated carbocycles. The maximum atomic E-state index is 3.00. The summed E-state index contributed by atoms with van der Waals surface area (Å²) in [5.41, 5.74) is 1.04. The Kier molecular flexibility index (Phi) is 4.78. The van der Waals surface area contributed by atoms with Gasteiger partial charge in [-0.1, -0.05) is 64.2 Å². The van der Waals surface area contributed by atoms with Crippen LogP contribution < -0.4 is 0 Å². The van der Waals surface area contributed by atoms with E-state index in [0.717, 1.165) is 18.3 Å². The zero-order chi connectivity index (χ0) is 13.8. The molecule has 0 aromatic rings. The molecule has 0 N–H and O–H groups in total. The maximum Gasteiger partial charge on any atom is 0 e. The van der Waals surface area contributed by atoms with Crippen molar-refractivity contribution in [2.45, 2.75) is 40.5 Å². The van der Waals surface area contributed by atoms with Crippen LogP contribution in [0.15, 0.2) is 49.6 Å². The van der Waals surface area contributed by atoms with Crippen LogP contribution >= 0.6 is 0 Å². The number of allylic oxidation sites excluding steroid dienone is 6. The SMILES string of the molecule is C1=CCC=C1.C=C.CC1(C)C2C=CC(C2)C1(C)C.[2HH]. The fraction of sp³-hybridized carbons (Fsp3) is 0.556. The van der Waals surface area contributed by atoms with Crippen LogP contribution in [0.4, 0.5) is 0 Å². The van der Waals surface area contributed by atoms with E-state index in [-0.39, 0.29) is 1.43 Å². The third-order valence-electron chi connectivity index (χ3n) is 5.25. The van der Waals surface area contributed by atoms with Crippen LogP contribution in [0.3, 0.4) is 0 Å². The summed E-state index contributed by atoms with van der Waals surface area (Å²) in [5.74, 6) is 1.70. The van der Waals surface area contributed by atoms with Gasteiger partial charge in [0.2, 0.25) is 0 Å². The molecule has 0 aliphatic heterocycles. The number of fused-ring (bicyclic) bond motifs is 2. The van der Waals surface area contributed by atoms with Crippen molar-refractivity contribution < 1.29 is 1.43 Å². The lowest BCUT2D eigenvalue weighted by Gasteiger charge is -2.42. The molecule has 0 saturated heterocycles. The summed E-state index contributed by atoms with van der Waals surface area (Å²) >= 11 is 0. The van der Waals surface area contributed by atoms with E-state index in [9.17, 15) is 0 Å². The second-order valence-corrected chi connectivity index (χ2v) is 6.37.